The van der Waals surface area contributed by atoms with Crippen LogP contribution in [-0.2, 0) is 22.4 Å². The molecule has 172 valence electrons. The van der Waals surface area contributed by atoms with E-state index in [0.717, 1.165) is 22.6 Å². The zero-order chi connectivity index (χ0) is 23.8. The number of anilines is 1. The van der Waals surface area contributed by atoms with Gasteiger partial charge in [-0.05, 0) is 48.9 Å². The number of oxazole rings is 1. The Morgan fingerprint density at radius 1 is 0.941 bits per heavy atom. The van der Waals surface area contributed by atoms with Crippen LogP contribution in [0.2, 0.25) is 0 Å². The van der Waals surface area contributed by atoms with Gasteiger partial charge in [-0.2, -0.15) is 0 Å². The van der Waals surface area contributed by atoms with Crippen LogP contribution >= 0.6 is 0 Å². The van der Waals surface area contributed by atoms with Crippen molar-refractivity contribution in [1.82, 2.24) is 4.98 Å². The number of ether oxygens (including phenoxy) is 1. The van der Waals surface area contributed by atoms with Crippen molar-refractivity contribution >= 4 is 17.4 Å². The Hall–Kier alpha value is -4.19. The first-order valence-electron chi connectivity index (χ1n) is 11.2. The number of aryl methyl sites for hydroxylation is 1. The summed E-state index contributed by atoms with van der Waals surface area (Å²) in [5.41, 5.74) is 3.27. The minimum absolute atomic E-state index is 0.155. The summed E-state index contributed by atoms with van der Waals surface area (Å²) in [6, 6.07) is 26.2. The van der Waals surface area contributed by atoms with E-state index in [9.17, 15) is 9.59 Å². The van der Waals surface area contributed by atoms with Gasteiger partial charge in [-0.15, -0.1) is 0 Å². The minimum Gasteiger partial charge on any atom is -0.493 e. The molecule has 0 radical (unpaired) electrons. The standard InChI is InChI=1S/C28H26N2O4/c1-20-26(30-28(34-20)22-10-4-2-5-11-22)15-16-33-25-14-8-9-21(18-25)17-24(31)19-27(32)29-23-12-6-3-7-13-23/h2-14,18H,15-17,19H2,1H3,(H,29,32). The van der Waals surface area contributed by atoms with E-state index in [-0.39, 0.29) is 24.5 Å². The fourth-order valence-corrected chi connectivity index (χ4v) is 3.57. The highest BCUT2D eigenvalue weighted by Crippen LogP contribution is 2.22. The molecule has 4 rings (SSSR count). The molecule has 0 fully saturated rings. The summed E-state index contributed by atoms with van der Waals surface area (Å²) in [6.07, 6.45) is 0.600. The monoisotopic (exact) mass is 454 g/mol. The van der Waals surface area contributed by atoms with Gasteiger partial charge in [0.1, 0.15) is 17.3 Å². The van der Waals surface area contributed by atoms with Crippen LogP contribution in [0.1, 0.15) is 23.4 Å². The Kier molecular flexibility index (Phi) is 7.50. The van der Waals surface area contributed by atoms with E-state index in [4.69, 9.17) is 9.15 Å². The Balaban J connectivity index is 1.27. The topological polar surface area (TPSA) is 81.4 Å². The second kappa shape index (κ2) is 11.1. The highest BCUT2D eigenvalue weighted by atomic mass is 16.5. The van der Waals surface area contributed by atoms with Gasteiger partial charge in [-0.1, -0.05) is 48.5 Å². The second-order valence-corrected chi connectivity index (χ2v) is 7.94. The Labute approximate surface area is 198 Å². The summed E-state index contributed by atoms with van der Waals surface area (Å²) in [4.78, 5) is 29.1. The zero-order valence-corrected chi connectivity index (χ0v) is 19.0. The molecule has 0 aliphatic carbocycles. The van der Waals surface area contributed by atoms with Gasteiger partial charge in [0.15, 0.2) is 0 Å². The molecule has 1 aromatic heterocycles. The number of para-hydroxylation sites is 1. The van der Waals surface area contributed by atoms with Crippen LogP contribution in [0.15, 0.2) is 89.3 Å². The summed E-state index contributed by atoms with van der Waals surface area (Å²) in [7, 11) is 0. The van der Waals surface area contributed by atoms with Crippen molar-refractivity contribution in [2.45, 2.75) is 26.2 Å². The number of nitrogens with zero attached hydrogens (tertiary/aromatic N) is 1. The molecule has 0 saturated heterocycles. The zero-order valence-electron chi connectivity index (χ0n) is 19.0. The molecule has 1 N–H and O–H groups in total. The van der Waals surface area contributed by atoms with Crippen molar-refractivity contribution < 1.29 is 18.7 Å². The molecule has 1 heterocycles. The fraction of sp³-hybridized carbons (Fsp3) is 0.179. The van der Waals surface area contributed by atoms with Crippen LogP contribution in [0.5, 0.6) is 5.75 Å². The van der Waals surface area contributed by atoms with Gasteiger partial charge < -0.3 is 14.5 Å². The highest BCUT2D eigenvalue weighted by Gasteiger charge is 2.13. The predicted octanol–water partition coefficient (Wildman–Crippen LogP) is 5.41. The number of hydrogen-bond acceptors (Lipinski definition) is 5. The summed E-state index contributed by atoms with van der Waals surface area (Å²) in [5.74, 6) is 1.57. The van der Waals surface area contributed by atoms with Crippen molar-refractivity contribution in [2.24, 2.45) is 0 Å². The molecule has 1 amide bonds. The average molecular weight is 455 g/mol. The molecule has 0 aliphatic heterocycles. The van der Waals surface area contributed by atoms with E-state index in [1.807, 2.05) is 79.7 Å². The third-order valence-electron chi connectivity index (χ3n) is 5.24. The lowest BCUT2D eigenvalue weighted by atomic mass is 10.1. The highest BCUT2D eigenvalue weighted by molar-refractivity contribution is 6.04. The van der Waals surface area contributed by atoms with Crippen molar-refractivity contribution in [3.8, 4) is 17.2 Å². The van der Waals surface area contributed by atoms with Gasteiger partial charge in [-0.25, -0.2) is 4.98 Å². The van der Waals surface area contributed by atoms with Crippen LogP contribution < -0.4 is 10.1 Å². The van der Waals surface area contributed by atoms with Crippen molar-refractivity contribution in [1.29, 1.82) is 0 Å². The van der Waals surface area contributed by atoms with Crippen LogP contribution in [0, 0.1) is 6.92 Å². The molecular formula is C28H26N2O4. The quantitative estimate of drug-likeness (QED) is 0.324. The van der Waals surface area contributed by atoms with E-state index in [2.05, 4.69) is 10.3 Å². The van der Waals surface area contributed by atoms with E-state index in [0.29, 0.717) is 30.4 Å². The van der Waals surface area contributed by atoms with Crippen molar-refractivity contribution in [3.63, 3.8) is 0 Å². The van der Waals surface area contributed by atoms with Gasteiger partial charge in [0.2, 0.25) is 11.8 Å². The van der Waals surface area contributed by atoms with Gasteiger partial charge in [0.05, 0.1) is 18.7 Å². The first-order chi connectivity index (χ1) is 16.6. The van der Waals surface area contributed by atoms with Crippen LogP contribution in [0.25, 0.3) is 11.5 Å². The number of nitrogens with one attached hydrogen (secondary N) is 1. The van der Waals surface area contributed by atoms with E-state index >= 15 is 0 Å². The molecule has 3 aromatic carbocycles. The summed E-state index contributed by atoms with van der Waals surface area (Å²) < 4.78 is 11.7. The molecule has 0 unspecified atom stereocenters. The SMILES string of the molecule is Cc1oc(-c2ccccc2)nc1CCOc1cccc(CC(=O)CC(=O)Nc2ccccc2)c1. The molecule has 0 saturated carbocycles. The number of Topliss-reactive ketones (excluding diaryl/α,β-unsaturated/α-hetero) is 1. The first-order valence-corrected chi connectivity index (χ1v) is 11.2. The lowest BCUT2D eigenvalue weighted by Crippen LogP contribution is -2.17. The number of hydrogen-bond donors (Lipinski definition) is 1. The predicted molar refractivity (Wildman–Crippen MR) is 131 cm³/mol. The van der Waals surface area contributed by atoms with Crippen molar-refractivity contribution in [2.75, 3.05) is 11.9 Å². The molecule has 0 atom stereocenters. The number of benzene rings is 3. The normalized spacial score (nSPS) is 10.6. The van der Waals surface area contributed by atoms with E-state index < -0.39 is 0 Å². The fourth-order valence-electron chi connectivity index (χ4n) is 3.57. The number of carbonyl (C=O) groups excluding carboxylic acids is 2. The minimum atomic E-state index is -0.318. The Morgan fingerprint density at radius 3 is 2.44 bits per heavy atom. The summed E-state index contributed by atoms with van der Waals surface area (Å²) in [5, 5.41) is 2.73. The molecule has 6 nitrogen and oxygen atoms in total. The Bertz CT molecular complexity index is 1250. The molecule has 6 heteroatoms. The summed E-state index contributed by atoms with van der Waals surface area (Å²) in [6.45, 7) is 2.33. The first kappa shape index (κ1) is 23.0. The maximum atomic E-state index is 12.4. The maximum absolute atomic E-state index is 12.4. The van der Waals surface area contributed by atoms with Crippen LogP contribution in [0.4, 0.5) is 5.69 Å². The Morgan fingerprint density at radius 2 is 1.68 bits per heavy atom. The van der Waals surface area contributed by atoms with E-state index in [1.54, 1.807) is 12.1 Å². The number of amides is 1. The lowest BCUT2D eigenvalue weighted by molar-refractivity contribution is -0.125. The van der Waals surface area contributed by atoms with Gasteiger partial charge in [-0.3, -0.25) is 9.59 Å². The molecule has 0 aliphatic rings. The lowest BCUT2D eigenvalue weighted by Gasteiger charge is -2.08. The molecule has 0 spiro atoms. The molecule has 34 heavy (non-hydrogen) atoms. The van der Waals surface area contributed by atoms with Gasteiger partial charge >= 0.3 is 0 Å². The molecule has 4 aromatic rings. The number of aromatic nitrogens is 1. The summed E-state index contributed by atoms with van der Waals surface area (Å²) >= 11 is 0. The van der Waals surface area contributed by atoms with Crippen molar-refractivity contribution in [3.05, 3.63) is 102 Å². The average Bonchev–Trinajstić information content (AvgIpc) is 3.21. The van der Waals surface area contributed by atoms with Crippen LogP contribution in [-0.4, -0.2) is 23.3 Å². The largest absolute Gasteiger partial charge is 0.493 e. The maximum Gasteiger partial charge on any atom is 0.231 e. The molecular weight excluding hydrogens is 428 g/mol. The number of rotatable bonds is 10. The second-order valence-electron chi connectivity index (χ2n) is 7.94. The van der Waals surface area contributed by atoms with E-state index in [1.165, 1.54) is 0 Å². The van der Waals surface area contributed by atoms with Gasteiger partial charge in [0.25, 0.3) is 0 Å². The number of carbonyl (C=O) groups is 2. The molecule has 0 bridgehead atoms. The number of ketones is 1. The third kappa shape index (κ3) is 6.42. The smallest absolute Gasteiger partial charge is 0.231 e. The third-order valence-corrected chi connectivity index (χ3v) is 5.24. The van der Waals surface area contributed by atoms with Gasteiger partial charge in [0, 0.05) is 24.1 Å². The van der Waals surface area contributed by atoms with Crippen LogP contribution in [0.3, 0.4) is 0 Å².